The van der Waals surface area contributed by atoms with E-state index in [-0.39, 0.29) is 6.04 Å². The molecule has 1 aliphatic carbocycles. The highest BCUT2D eigenvalue weighted by molar-refractivity contribution is 7.99. The summed E-state index contributed by atoms with van der Waals surface area (Å²) >= 11 is 1.56. The maximum atomic E-state index is 6.34. The molecule has 8 nitrogen and oxygen atoms in total. The summed E-state index contributed by atoms with van der Waals surface area (Å²) in [7, 11) is 2.05. The Morgan fingerprint density at radius 3 is 2.96 bits per heavy atom. The lowest BCUT2D eigenvalue weighted by Gasteiger charge is -2.36. The average molecular weight is 395 g/mol. The Hall–Kier alpha value is -2.65. The van der Waals surface area contributed by atoms with Gasteiger partial charge in [0.05, 0.1) is 6.20 Å². The van der Waals surface area contributed by atoms with E-state index in [2.05, 4.69) is 37.1 Å². The van der Waals surface area contributed by atoms with Crippen molar-refractivity contribution in [3.8, 4) is 0 Å². The number of aromatic amines is 2. The number of fused-ring (bicyclic) bond motifs is 2. The van der Waals surface area contributed by atoms with Crippen molar-refractivity contribution >= 4 is 39.8 Å². The van der Waals surface area contributed by atoms with Gasteiger partial charge < -0.3 is 15.6 Å². The van der Waals surface area contributed by atoms with Gasteiger partial charge in [-0.2, -0.15) is 5.10 Å². The number of rotatable bonds is 4. The van der Waals surface area contributed by atoms with Crippen molar-refractivity contribution in [2.75, 3.05) is 11.9 Å². The minimum atomic E-state index is 0.180. The van der Waals surface area contributed by atoms with E-state index in [0.717, 1.165) is 45.1 Å². The van der Waals surface area contributed by atoms with Crippen LogP contribution >= 0.6 is 11.8 Å². The summed E-state index contributed by atoms with van der Waals surface area (Å²) in [5, 5.41) is 9.36. The molecule has 5 rings (SSSR count). The fourth-order valence-corrected chi connectivity index (χ4v) is 4.88. The number of pyridine rings is 1. The van der Waals surface area contributed by atoms with E-state index in [1.54, 1.807) is 18.0 Å². The van der Waals surface area contributed by atoms with Gasteiger partial charge in [-0.05, 0) is 25.0 Å². The summed E-state index contributed by atoms with van der Waals surface area (Å²) in [4.78, 5) is 20.1. The van der Waals surface area contributed by atoms with E-state index < -0.39 is 0 Å². The van der Waals surface area contributed by atoms with Crippen molar-refractivity contribution in [1.29, 1.82) is 0 Å². The number of nitrogens with zero attached hydrogens (tertiary/aromatic N) is 5. The van der Waals surface area contributed by atoms with Crippen LogP contribution in [0.1, 0.15) is 25.7 Å². The molecule has 0 bridgehead atoms. The number of aromatic nitrogens is 6. The van der Waals surface area contributed by atoms with Crippen LogP contribution in [0.25, 0.3) is 22.2 Å². The van der Waals surface area contributed by atoms with E-state index in [1.807, 2.05) is 24.5 Å². The highest BCUT2D eigenvalue weighted by atomic mass is 32.2. The third-order valence-corrected chi connectivity index (χ3v) is 6.55. The van der Waals surface area contributed by atoms with Crippen LogP contribution in [0.3, 0.4) is 0 Å². The number of anilines is 1. The van der Waals surface area contributed by atoms with E-state index in [0.29, 0.717) is 11.7 Å². The van der Waals surface area contributed by atoms with Gasteiger partial charge in [-0.3, -0.25) is 5.10 Å². The molecule has 0 spiro atoms. The molecule has 4 aromatic heterocycles. The lowest BCUT2D eigenvalue weighted by Crippen LogP contribution is -2.48. The lowest BCUT2D eigenvalue weighted by molar-refractivity contribution is 0.372. The Labute approximate surface area is 166 Å². The van der Waals surface area contributed by atoms with Gasteiger partial charge in [-0.15, -0.1) is 0 Å². The van der Waals surface area contributed by atoms with Gasteiger partial charge in [0.2, 0.25) is 0 Å². The van der Waals surface area contributed by atoms with Crippen molar-refractivity contribution in [2.24, 2.45) is 5.73 Å². The Kier molecular flexibility index (Phi) is 4.40. The standard InChI is InChI=1S/C19H22N8S/c1-27(13-5-3-2-4-12(13)20)15-10-23-16-18(24-15)25-26-19(16)28-14-7-9-22-17-11(14)6-8-21-17/h6-10,12-13H,2-5,20H2,1H3,(H,21,22)(H,24,25,26)/t12-,13+/m0/s1. The molecule has 0 unspecified atom stereocenters. The van der Waals surface area contributed by atoms with Crippen LogP contribution in [0.4, 0.5) is 5.82 Å². The first-order valence-electron chi connectivity index (χ1n) is 9.50. The third-order valence-electron chi connectivity index (χ3n) is 5.49. The molecule has 9 heteroatoms. The monoisotopic (exact) mass is 394 g/mol. The van der Waals surface area contributed by atoms with Crippen molar-refractivity contribution < 1.29 is 0 Å². The second-order valence-corrected chi connectivity index (χ2v) is 8.26. The van der Waals surface area contributed by atoms with Crippen LogP contribution in [-0.2, 0) is 0 Å². The van der Waals surface area contributed by atoms with Gasteiger partial charge in [0.25, 0.3) is 0 Å². The SMILES string of the molecule is CN(c1cnc2c(Sc3ccnc4[nH]ccc34)n[nH]c2n1)[C@@H]1CCCC[C@@H]1N. The van der Waals surface area contributed by atoms with E-state index in [9.17, 15) is 0 Å². The number of H-pyrrole nitrogens is 2. The molecule has 0 amide bonds. The molecule has 1 saturated carbocycles. The van der Waals surface area contributed by atoms with Gasteiger partial charge in [0.1, 0.15) is 17.0 Å². The maximum absolute atomic E-state index is 6.34. The predicted molar refractivity (Wildman–Crippen MR) is 111 cm³/mol. The lowest BCUT2D eigenvalue weighted by atomic mass is 9.90. The second-order valence-electron chi connectivity index (χ2n) is 7.23. The number of hydrogen-bond acceptors (Lipinski definition) is 7. The Balaban J connectivity index is 1.44. The fourth-order valence-electron chi connectivity index (χ4n) is 3.93. The molecule has 1 aliphatic rings. The zero-order valence-corrected chi connectivity index (χ0v) is 16.4. The molecule has 0 aliphatic heterocycles. The molecule has 4 heterocycles. The van der Waals surface area contributed by atoms with Gasteiger partial charge >= 0.3 is 0 Å². The summed E-state index contributed by atoms with van der Waals surface area (Å²) in [6.45, 7) is 0. The van der Waals surface area contributed by atoms with Crippen LogP contribution < -0.4 is 10.6 Å². The molecule has 0 aromatic carbocycles. The molecule has 0 radical (unpaired) electrons. The fraction of sp³-hybridized carbons (Fsp3) is 0.368. The smallest absolute Gasteiger partial charge is 0.177 e. The van der Waals surface area contributed by atoms with Crippen molar-refractivity contribution in [2.45, 2.75) is 47.7 Å². The average Bonchev–Trinajstić information content (AvgIpc) is 3.35. The van der Waals surface area contributed by atoms with E-state index in [1.165, 1.54) is 12.8 Å². The molecule has 144 valence electrons. The van der Waals surface area contributed by atoms with Gasteiger partial charge in [-0.25, -0.2) is 15.0 Å². The Morgan fingerprint density at radius 1 is 1.18 bits per heavy atom. The van der Waals surface area contributed by atoms with Gasteiger partial charge in [0, 0.05) is 41.8 Å². The van der Waals surface area contributed by atoms with E-state index in [4.69, 9.17) is 10.7 Å². The molecule has 2 atom stereocenters. The minimum absolute atomic E-state index is 0.180. The molecule has 1 fully saturated rings. The largest absolute Gasteiger partial charge is 0.354 e. The Morgan fingerprint density at radius 2 is 2.07 bits per heavy atom. The number of nitrogens with one attached hydrogen (secondary N) is 2. The van der Waals surface area contributed by atoms with Gasteiger partial charge in [-0.1, -0.05) is 24.6 Å². The zero-order chi connectivity index (χ0) is 19.1. The van der Waals surface area contributed by atoms with E-state index >= 15 is 0 Å². The summed E-state index contributed by atoms with van der Waals surface area (Å²) in [6, 6.07) is 4.49. The third kappa shape index (κ3) is 3.00. The van der Waals surface area contributed by atoms with Crippen molar-refractivity contribution in [3.05, 3.63) is 30.7 Å². The zero-order valence-electron chi connectivity index (χ0n) is 15.6. The molecular formula is C19H22N8S. The van der Waals surface area contributed by atoms with Crippen LogP contribution in [0.15, 0.2) is 40.6 Å². The summed E-state index contributed by atoms with van der Waals surface area (Å²) < 4.78 is 0. The molecule has 4 N–H and O–H groups in total. The maximum Gasteiger partial charge on any atom is 0.177 e. The molecule has 4 aromatic rings. The summed E-state index contributed by atoms with van der Waals surface area (Å²) in [6.07, 6.45) is 10.1. The molecular weight excluding hydrogens is 372 g/mol. The quantitative estimate of drug-likeness (QED) is 0.487. The topological polar surface area (TPSA) is 112 Å². The second kappa shape index (κ2) is 7.06. The van der Waals surface area contributed by atoms with Gasteiger partial charge in [0.15, 0.2) is 10.7 Å². The first-order chi connectivity index (χ1) is 13.7. The van der Waals surface area contributed by atoms with Crippen LogP contribution in [0.2, 0.25) is 0 Å². The predicted octanol–water partition coefficient (Wildman–Crippen LogP) is 3.09. The highest BCUT2D eigenvalue weighted by Crippen LogP contribution is 2.34. The van der Waals surface area contributed by atoms with Crippen molar-refractivity contribution in [1.82, 2.24) is 30.1 Å². The number of nitrogens with two attached hydrogens (primary N) is 1. The molecule has 0 saturated heterocycles. The minimum Gasteiger partial charge on any atom is -0.354 e. The first kappa shape index (κ1) is 17.4. The van der Waals surface area contributed by atoms with Crippen LogP contribution in [-0.4, -0.2) is 49.3 Å². The normalized spacial score (nSPS) is 20.1. The van der Waals surface area contributed by atoms with Crippen LogP contribution in [0.5, 0.6) is 0 Å². The van der Waals surface area contributed by atoms with Crippen molar-refractivity contribution in [3.63, 3.8) is 0 Å². The highest BCUT2D eigenvalue weighted by Gasteiger charge is 2.27. The number of likely N-dealkylation sites (N-methyl/N-ethyl adjacent to an activating group) is 1. The molecule has 28 heavy (non-hydrogen) atoms. The van der Waals surface area contributed by atoms with Crippen LogP contribution in [0, 0.1) is 0 Å². The summed E-state index contributed by atoms with van der Waals surface area (Å²) in [5.74, 6) is 0.826. The number of hydrogen-bond donors (Lipinski definition) is 3. The summed E-state index contributed by atoms with van der Waals surface area (Å²) in [5.41, 5.74) is 8.66. The first-order valence-corrected chi connectivity index (χ1v) is 10.3. The Bertz CT molecular complexity index is 1120.